The topological polar surface area (TPSA) is 111 Å². The van der Waals surface area contributed by atoms with Crippen LogP contribution in [0.1, 0.15) is 0 Å². The molecule has 1 aromatic heterocycles. The first-order valence-corrected chi connectivity index (χ1v) is 14.3. The van der Waals surface area contributed by atoms with Crippen LogP contribution in [0.4, 0.5) is 11.8 Å². The minimum Gasteiger partial charge on any atom is -0.486 e. The second-order valence-electron chi connectivity index (χ2n) is 9.21. The molecule has 2 N–H and O–H groups in total. The number of anilines is 2. The van der Waals surface area contributed by atoms with Crippen molar-refractivity contribution >= 4 is 45.1 Å². The molecular formula is C30H32ClN5O4S. The van der Waals surface area contributed by atoms with E-state index in [1.54, 1.807) is 36.4 Å². The second-order valence-corrected chi connectivity index (χ2v) is 11.1. The Kier molecular flexibility index (Phi) is 9.49. The fourth-order valence-corrected chi connectivity index (χ4v) is 5.96. The number of nitrogens with zero attached hydrogens (tertiary/aromatic N) is 4. The first kappa shape index (κ1) is 29.9. The molecule has 1 fully saturated rings. The molecule has 41 heavy (non-hydrogen) atoms. The SMILES string of the molecule is C=CCOc1cc2nc(N3CCN(S(=O)(=O)c4ccc(-c5ccccc5)cc4)CC3)nc(N)c2cc1OCC=C.Cl. The monoisotopic (exact) mass is 593 g/mol. The van der Waals surface area contributed by atoms with E-state index in [4.69, 9.17) is 20.2 Å². The summed E-state index contributed by atoms with van der Waals surface area (Å²) >= 11 is 0. The predicted molar refractivity (Wildman–Crippen MR) is 165 cm³/mol. The highest BCUT2D eigenvalue weighted by Crippen LogP contribution is 2.35. The van der Waals surface area contributed by atoms with Gasteiger partial charge in [0, 0.05) is 37.6 Å². The standard InChI is InChI=1S/C30H31N5O4S.ClH/c1-3-18-38-27-20-25-26(21-28(27)39-19-4-2)32-30(33-29(25)31)34-14-16-35(17-15-34)40(36,37)24-12-10-23(11-13-24)22-8-6-5-7-9-22;/h3-13,20-21H,1-2,14-19H2,(H2,31,32,33);1H. The molecule has 0 unspecified atom stereocenters. The van der Waals surface area contributed by atoms with Crippen LogP contribution < -0.4 is 20.1 Å². The van der Waals surface area contributed by atoms with Crippen molar-refractivity contribution < 1.29 is 17.9 Å². The molecule has 4 aromatic rings. The summed E-state index contributed by atoms with van der Waals surface area (Å²) in [7, 11) is -3.64. The average Bonchev–Trinajstić information content (AvgIpc) is 2.99. The van der Waals surface area contributed by atoms with Crippen LogP contribution in [-0.2, 0) is 10.0 Å². The van der Waals surface area contributed by atoms with E-state index in [0.717, 1.165) is 11.1 Å². The molecule has 0 amide bonds. The summed E-state index contributed by atoms with van der Waals surface area (Å²) in [6, 6.07) is 20.4. The first-order valence-electron chi connectivity index (χ1n) is 12.9. The number of benzene rings is 3. The van der Waals surface area contributed by atoms with E-state index in [1.807, 2.05) is 47.4 Å². The average molecular weight is 594 g/mol. The van der Waals surface area contributed by atoms with Crippen LogP contribution in [0.15, 0.2) is 96.9 Å². The third-order valence-corrected chi connectivity index (χ3v) is 8.53. The number of piperazine rings is 1. The minimum atomic E-state index is -3.64. The van der Waals surface area contributed by atoms with Crippen LogP contribution in [-0.4, -0.2) is 62.1 Å². The van der Waals surface area contributed by atoms with E-state index >= 15 is 0 Å². The Morgan fingerprint density at radius 3 is 2.02 bits per heavy atom. The van der Waals surface area contributed by atoms with Crippen molar-refractivity contribution in [2.45, 2.75) is 4.90 Å². The van der Waals surface area contributed by atoms with Gasteiger partial charge in [0.15, 0.2) is 11.5 Å². The summed E-state index contributed by atoms with van der Waals surface area (Å²) in [5.41, 5.74) is 8.92. The number of aromatic nitrogens is 2. The Bertz CT molecular complexity index is 1620. The predicted octanol–water partition coefficient (Wildman–Crippen LogP) is 4.94. The fraction of sp³-hybridized carbons (Fsp3) is 0.200. The van der Waals surface area contributed by atoms with Gasteiger partial charge < -0.3 is 20.1 Å². The lowest BCUT2D eigenvalue weighted by molar-refractivity contribution is 0.309. The highest BCUT2D eigenvalue weighted by atomic mass is 35.5. The summed E-state index contributed by atoms with van der Waals surface area (Å²) in [6.45, 7) is 9.43. The molecule has 1 aliphatic rings. The largest absolute Gasteiger partial charge is 0.486 e. The zero-order valence-corrected chi connectivity index (χ0v) is 24.1. The van der Waals surface area contributed by atoms with Gasteiger partial charge in [-0.15, -0.1) is 12.4 Å². The third-order valence-electron chi connectivity index (χ3n) is 6.61. The van der Waals surface area contributed by atoms with Gasteiger partial charge in [-0.05, 0) is 29.3 Å². The zero-order valence-electron chi connectivity index (χ0n) is 22.5. The molecule has 0 bridgehead atoms. The van der Waals surface area contributed by atoms with Crippen LogP contribution >= 0.6 is 12.4 Å². The number of nitrogen functional groups attached to an aromatic ring is 1. The normalized spacial score (nSPS) is 13.8. The Hall–Kier alpha value is -4.12. The molecule has 0 saturated carbocycles. The van der Waals surface area contributed by atoms with Crippen molar-refractivity contribution in [3.63, 3.8) is 0 Å². The van der Waals surface area contributed by atoms with E-state index in [0.29, 0.717) is 73.6 Å². The molecule has 0 spiro atoms. The molecule has 0 radical (unpaired) electrons. The summed E-state index contributed by atoms with van der Waals surface area (Å²) in [4.78, 5) is 11.4. The molecule has 2 heterocycles. The molecule has 1 saturated heterocycles. The van der Waals surface area contributed by atoms with E-state index in [1.165, 1.54) is 4.31 Å². The van der Waals surface area contributed by atoms with Gasteiger partial charge in [0.2, 0.25) is 16.0 Å². The number of sulfonamides is 1. The van der Waals surface area contributed by atoms with Gasteiger partial charge in [0.25, 0.3) is 0 Å². The van der Waals surface area contributed by atoms with E-state index in [2.05, 4.69) is 18.1 Å². The first-order chi connectivity index (χ1) is 19.4. The van der Waals surface area contributed by atoms with Gasteiger partial charge in [-0.2, -0.15) is 9.29 Å². The Morgan fingerprint density at radius 2 is 1.41 bits per heavy atom. The van der Waals surface area contributed by atoms with Crippen molar-refractivity contribution in [2.75, 3.05) is 50.0 Å². The number of rotatable bonds is 10. The maximum atomic E-state index is 13.4. The van der Waals surface area contributed by atoms with Gasteiger partial charge in [-0.3, -0.25) is 0 Å². The molecular weight excluding hydrogens is 562 g/mol. The number of hydrogen-bond acceptors (Lipinski definition) is 8. The van der Waals surface area contributed by atoms with Gasteiger partial charge >= 0.3 is 0 Å². The maximum absolute atomic E-state index is 13.4. The lowest BCUT2D eigenvalue weighted by atomic mass is 10.1. The van der Waals surface area contributed by atoms with E-state index in [9.17, 15) is 8.42 Å². The third kappa shape index (κ3) is 6.45. The summed E-state index contributed by atoms with van der Waals surface area (Å²) < 4.78 is 39.7. The van der Waals surface area contributed by atoms with Crippen LogP contribution in [0.3, 0.4) is 0 Å². The van der Waals surface area contributed by atoms with Crippen molar-refractivity contribution in [3.05, 3.63) is 92.0 Å². The number of hydrogen-bond donors (Lipinski definition) is 1. The second kappa shape index (κ2) is 13.0. The van der Waals surface area contributed by atoms with Crippen molar-refractivity contribution in [2.24, 2.45) is 0 Å². The molecule has 0 atom stereocenters. The van der Waals surface area contributed by atoms with Gasteiger partial charge in [0.05, 0.1) is 10.4 Å². The van der Waals surface area contributed by atoms with Crippen LogP contribution in [0.2, 0.25) is 0 Å². The van der Waals surface area contributed by atoms with Crippen molar-refractivity contribution in [1.29, 1.82) is 0 Å². The quantitative estimate of drug-likeness (QED) is 0.257. The summed E-state index contributed by atoms with van der Waals surface area (Å²) in [6.07, 6.45) is 3.29. The molecule has 11 heteroatoms. The molecule has 3 aromatic carbocycles. The van der Waals surface area contributed by atoms with Crippen LogP contribution in [0, 0.1) is 0 Å². The lowest BCUT2D eigenvalue weighted by Gasteiger charge is -2.34. The van der Waals surface area contributed by atoms with Gasteiger partial charge in [-0.1, -0.05) is 67.8 Å². The Labute approximate surface area is 246 Å². The number of nitrogens with two attached hydrogens (primary N) is 1. The van der Waals surface area contributed by atoms with Gasteiger partial charge in [-0.25, -0.2) is 13.4 Å². The van der Waals surface area contributed by atoms with Crippen molar-refractivity contribution in [1.82, 2.24) is 14.3 Å². The molecule has 1 aliphatic heterocycles. The smallest absolute Gasteiger partial charge is 0.243 e. The molecule has 5 rings (SSSR count). The zero-order chi connectivity index (χ0) is 28.1. The lowest BCUT2D eigenvalue weighted by Crippen LogP contribution is -2.49. The summed E-state index contributed by atoms with van der Waals surface area (Å²) in [5, 5.41) is 0.633. The summed E-state index contributed by atoms with van der Waals surface area (Å²) in [5.74, 6) is 1.75. The Morgan fingerprint density at radius 1 is 0.829 bits per heavy atom. The molecule has 214 valence electrons. The number of fused-ring (bicyclic) bond motifs is 1. The van der Waals surface area contributed by atoms with Gasteiger partial charge in [0.1, 0.15) is 19.0 Å². The number of halogens is 1. The fourth-order valence-electron chi connectivity index (χ4n) is 4.54. The highest BCUT2D eigenvalue weighted by Gasteiger charge is 2.29. The molecule has 0 aliphatic carbocycles. The number of ether oxygens (including phenoxy) is 2. The van der Waals surface area contributed by atoms with E-state index in [-0.39, 0.29) is 17.3 Å². The highest BCUT2D eigenvalue weighted by molar-refractivity contribution is 7.89. The van der Waals surface area contributed by atoms with Crippen molar-refractivity contribution in [3.8, 4) is 22.6 Å². The molecule has 9 nitrogen and oxygen atoms in total. The van der Waals surface area contributed by atoms with E-state index < -0.39 is 10.0 Å². The minimum absolute atomic E-state index is 0. The Balaban J connectivity index is 0.00000387. The van der Waals surface area contributed by atoms with Crippen LogP contribution in [0.5, 0.6) is 11.5 Å². The maximum Gasteiger partial charge on any atom is 0.243 e. The van der Waals surface area contributed by atoms with Crippen LogP contribution in [0.25, 0.3) is 22.0 Å².